The number of aromatic nitrogens is 1. The van der Waals surface area contributed by atoms with Crippen LogP contribution in [0.2, 0.25) is 0 Å². The van der Waals surface area contributed by atoms with Gasteiger partial charge in [-0.2, -0.15) is 0 Å². The summed E-state index contributed by atoms with van der Waals surface area (Å²) in [6.45, 7) is 0. The van der Waals surface area contributed by atoms with Crippen molar-refractivity contribution in [1.29, 1.82) is 0 Å². The molecule has 0 fully saturated rings. The molecule has 7 heteroatoms. The molecule has 1 aliphatic heterocycles. The Morgan fingerprint density at radius 2 is 2.04 bits per heavy atom. The van der Waals surface area contributed by atoms with Crippen LogP contribution >= 0.6 is 27.3 Å². The van der Waals surface area contributed by atoms with Gasteiger partial charge in [0.25, 0.3) is 5.91 Å². The van der Waals surface area contributed by atoms with Gasteiger partial charge >= 0.3 is 0 Å². The number of thiazole rings is 1. The van der Waals surface area contributed by atoms with E-state index in [1.165, 1.54) is 29.7 Å². The van der Waals surface area contributed by atoms with Gasteiger partial charge in [-0.05, 0) is 48.0 Å². The third-order valence-corrected chi connectivity index (χ3v) is 5.46. The summed E-state index contributed by atoms with van der Waals surface area (Å²) in [6.07, 6.45) is 7.23. The summed E-state index contributed by atoms with van der Waals surface area (Å²) in [5.74, 6) is 0.150. The summed E-state index contributed by atoms with van der Waals surface area (Å²) in [5.41, 5.74) is 2.25. The molecule has 1 aromatic heterocycles. The summed E-state index contributed by atoms with van der Waals surface area (Å²) >= 11 is 4.82. The lowest BCUT2D eigenvalue weighted by atomic mass is 10.1. The average Bonchev–Trinajstić information content (AvgIpc) is 2.99. The number of nitrogens with zero attached hydrogens (tertiary/aromatic N) is 1. The molecule has 0 atom stereocenters. The molecule has 1 N–H and O–H groups in total. The zero-order valence-corrected chi connectivity index (χ0v) is 16.9. The third kappa shape index (κ3) is 4.37. The minimum atomic E-state index is -0.268. The number of ether oxygens (including phenoxy) is 1. The molecule has 140 valence electrons. The van der Waals surface area contributed by atoms with Crippen LogP contribution < -0.4 is 10.1 Å². The Balaban J connectivity index is 1.48. The predicted octanol–water partition coefficient (Wildman–Crippen LogP) is 5.56. The summed E-state index contributed by atoms with van der Waals surface area (Å²) in [5, 5.41) is 3.33. The Labute approximate surface area is 173 Å². The van der Waals surface area contributed by atoms with Gasteiger partial charge in [0.2, 0.25) is 0 Å². The Kier molecular flexibility index (Phi) is 5.36. The van der Waals surface area contributed by atoms with Crippen LogP contribution in [0.1, 0.15) is 16.0 Å². The number of carbonyl (C=O) groups is 1. The number of hydrogen-bond donors (Lipinski definition) is 1. The molecular weight excluding hydrogens is 443 g/mol. The van der Waals surface area contributed by atoms with Gasteiger partial charge in [-0.3, -0.25) is 10.1 Å². The van der Waals surface area contributed by atoms with Gasteiger partial charge in [0, 0.05) is 33.1 Å². The van der Waals surface area contributed by atoms with Crippen molar-refractivity contribution in [1.82, 2.24) is 4.98 Å². The van der Waals surface area contributed by atoms with Crippen molar-refractivity contribution in [3.8, 4) is 5.75 Å². The van der Waals surface area contributed by atoms with Crippen LogP contribution in [0.5, 0.6) is 5.75 Å². The van der Waals surface area contributed by atoms with Crippen LogP contribution in [0.25, 0.3) is 6.08 Å². The van der Waals surface area contributed by atoms with Crippen LogP contribution in [0.4, 0.5) is 9.52 Å². The molecule has 0 unspecified atom stereocenters. The highest BCUT2D eigenvalue weighted by Crippen LogP contribution is 2.29. The second-order valence-electron chi connectivity index (χ2n) is 6.09. The number of nitrogens with one attached hydrogen (secondary N) is 1. The van der Waals surface area contributed by atoms with Gasteiger partial charge in [-0.15, -0.1) is 11.3 Å². The predicted molar refractivity (Wildman–Crippen MR) is 112 cm³/mol. The Hall–Kier alpha value is -2.77. The van der Waals surface area contributed by atoms with E-state index in [1.807, 2.05) is 18.2 Å². The number of anilines is 1. The fourth-order valence-electron chi connectivity index (χ4n) is 2.70. The minimum absolute atomic E-state index is 0.261. The molecule has 4 rings (SSSR count). The van der Waals surface area contributed by atoms with Gasteiger partial charge in [0.15, 0.2) is 5.13 Å². The van der Waals surface area contributed by atoms with E-state index in [2.05, 4.69) is 26.2 Å². The molecule has 3 aromatic rings. The Morgan fingerprint density at radius 3 is 2.86 bits per heavy atom. The normalized spacial score (nSPS) is 12.6. The molecule has 0 radical (unpaired) electrons. The molecule has 28 heavy (non-hydrogen) atoms. The van der Waals surface area contributed by atoms with E-state index in [-0.39, 0.29) is 11.7 Å². The molecular formula is C21H14BrFN2O2S. The third-order valence-electron chi connectivity index (χ3n) is 4.05. The molecule has 0 spiro atoms. The standard InChI is InChI=1S/C21H14BrFN2O2S/c22-16-3-6-19-15(11-16)10-14(7-8-27-19)20(26)25-21-24-12-18(28-21)9-13-1-4-17(23)5-2-13/h1-8,10-12H,9H2,(H,24,25,26). The lowest BCUT2D eigenvalue weighted by molar-refractivity contribution is -0.112. The number of amides is 1. The van der Waals surface area contributed by atoms with Crippen molar-refractivity contribution < 1.29 is 13.9 Å². The first kappa shape index (κ1) is 18.6. The first-order valence-electron chi connectivity index (χ1n) is 8.42. The maximum atomic E-state index is 13.0. The average molecular weight is 457 g/mol. The van der Waals surface area contributed by atoms with E-state index >= 15 is 0 Å². The number of fused-ring (bicyclic) bond motifs is 1. The fourth-order valence-corrected chi connectivity index (χ4v) is 3.92. The zero-order valence-electron chi connectivity index (χ0n) is 14.5. The molecule has 2 aromatic carbocycles. The van der Waals surface area contributed by atoms with Crippen molar-refractivity contribution in [2.24, 2.45) is 0 Å². The molecule has 1 amide bonds. The summed E-state index contributed by atoms with van der Waals surface area (Å²) in [4.78, 5) is 17.9. The number of carbonyl (C=O) groups excluding carboxylic acids is 1. The largest absolute Gasteiger partial charge is 0.464 e. The monoisotopic (exact) mass is 456 g/mol. The van der Waals surface area contributed by atoms with Crippen LogP contribution in [0.15, 0.2) is 71.0 Å². The van der Waals surface area contributed by atoms with Crippen molar-refractivity contribution in [2.45, 2.75) is 6.42 Å². The van der Waals surface area contributed by atoms with Gasteiger partial charge in [-0.1, -0.05) is 28.1 Å². The number of benzene rings is 2. The van der Waals surface area contributed by atoms with Crippen LogP contribution in [0.3, 0.4) is 0 Å². The van der Waals surface area contributed by atoms with Gasteiger partial charge < -0.3 is 4.74 Å². The zero-order chi connectivity index (χ0) is 19.5. The molecule has 4 nitrogen and oxygen atoms in total. The quantitative estimate of drug-likeness (QED) is 0.558. The molecule has 1 aliphatic rings. The van der Waals surface area contributed by atoms with Gasteiger partial charge in [0.05, 0.1) is 6.26 Å². The highest BCUT2D eigenvalue weighted by atomic mass is 79.9. The van der Waals surface area contributed by atoms with Gasteiger partial charge in [-0.25, -0.2) is 9.37 Å². The van der Waals surface area contributed by atoms with E-state index in [0.29, 0.717) is 22.9 Å². The molecule has 0 aliphatic carbocycles. The topological polar surface area (TPSA) is 51.2 Å². The van der Waals surface area contributed by atoms with E-state index in [0.717, 1.165) is 20.5 Å². The number of rotatable bonds is 4. The lowest BCUT2D eigenvalue weighted by Gasteiger charge is -2.04. The fraction of sp³-hybridized carbons (Fsp3) is 0.0476. The van der Waals surface area contributed by atoms with Crippen LogP contribution in [-0.4, -0.2) is 10.9 Å². The highest BCUT2D eigenvalue weighted by Gasteiger charge is 2.14. The highest BCUT2D eigenvalue weighted by molar-refractivity contribution is 9.10. The summed E-state index contributed by atoms with van der Waals surface area (Å²) < 4.78 is 19.5. The molecule has 2 heterocycles. The second kappa shape index (κ2) is 8.08. The number of hydrogen-bond acceptors (Lipinski definition) is 4. The summed E-state index contributed by atoms with van der Waals surface area (Å²) in [7, 11) is 0. The molecule has 0 bridgehead atoms. The van der Waals surface area contributed by atoms with Gasteiger partial charge in [0.1, 0.15) is 11.6 Å². The maximum absolute atomic E-state index is 13.0. The van der Waals surface area contributed by atoms with Crippen molar-refractivity contribution in [3.05, 3.63) is 92.9 Å². The van der Waals surface area contributed by atoms with Crippen LogP contribution in [0, 0.1) is 5.82 Å². The van der Waals surface area contributed by atoms with E-state index < -0.39 is 0 Å². The number of halogens is 2. The molecule has 0 saturated carbocycles. The van der Waals surface area contributed by atoms with E-state index in [9.17, 15) is 9.18 Å². The summed E-state index contributed by atoms with van der Waals surface area (Å²) in [6, 6.07) is 12.0. The van der Waals surface area contributed by atoms with E-state index in [1.54, 1.807) is 30.5 Å². The van der Waals surface area contributed by atoms with Crippen LogP contribution in [-0.2, 0) is 11.2 Å². The SMILES string of the molecule is O=C(Nc1ncc(Cc2ccc(F)cc2)s1)C1=Cc2cc(Br)ccc2OC=C1. The first-order chi connectivity index (χ1) is 13.6. The second-order valence-corrected chi connectivity index (χ2v) is 8.12. The van der Waals surface area contributed by atoms with Crippen molar-refractivity contribution in [2.75, 3.05) is 5.32 Å². The van der Waals surface area contributed by atoms with E-state index in [4.69, 9.17) is 4.74 Å². The van der Waals surface area contributed by atoms with Crippen molar-refractivity contribution >= 4 is 44.4 Å². The smallest absolute Gasteiger partial charge is 0.257 e. The van der Waals surface area contributed by atoms with Crippen molar-refractivity contribution in [3.63, 3.8) is 0 Å². The Bertz CT molecular complexity index is 1090. The maximum Gasteiger partial charge on any atom is 0.257 e. The minimum Gasteiger partial charge on any atom is -0.464 e. The first-order valence-corrected chi connectivity index (χ1v) is 10.0. The lowest BCUT2D eigenvalue weighted by Crippen LogP contribution is -2.12. The Morgan fingerprint density at radius 1 is 1.21 bits per heavy atom. The molecule has 0 saturated heterocycles.